The first kappa shape index (κ1) is 63.7. The van der Waals surface area contributed by atoms with E-state index in [2.05, 4.69) is 22.9 Å². The van der Waals surface area contributed by atoms with E-state index in [0.717, 1.165) is 38.0 Å². The van der Waals surface area contributed by atoms with E-state index >= 15 is 0 Å². The summed E-state index contributed by atoms with van der Waals surface area (Å²) < 4.78 is 47.7. The van der Waals surface area contributed by atoms with Crippen LogP contribution in [0.2, 0.25) is 0 Å². The molecule has 7 N–H and O–H groups in total. The Morgan fingerprint density at radius 1 is 0.545 bits per heavy atom. The molecule has 0 saturated carbocycles. The van der Waals surface area contributed by atoms with Gasteiger partial charge >= 0.3 is 27.6 Å². The number of phosphoric acid groups is 2. The summed E-state index contributed by atoms with van der Waals surface area (Å²) in [5.74, 6) is -0.555. The van der Waals surface area contributed by atoms with E-state index in [1.54, 1.807) is 42.5 Å². The number of carbonyl (C=O) groups excluding carboxylic acids is 2. The standard InChI is InChI=1S/C48H86O16P2/c1-4-5-24-31-42(49)32-26-21-18-19-22-27-33-45(51)46(52)34-29-36-47(53)60-39-44(40-63-66(58,59)62-38-43(50)37-61-65(55,56)57)64-48(54)35-28-23-17-15-13-11-9-7-6-8-10-12-14-16-20-25-30-41(2)3/h5,18-19,21-22,24,26-27,32-33,41-46,49-52H,4,6-17,20,23,25,28-31,34-40H2,1-3H3,(H,58,59)(H2,55,56,57)/b21-18+,22-19-,24-5-,32-26+,33-27-/t42-,43+,44-,45+,46+/m1/s1. The van der Waals surface area contributed by atoms with Crippen molar-refractivity contribution in [1.29, 1.82) is 0 Å². The highest BCUT2D eigenvalue weighted by molar-refractivity contribution is 7.47. The fourth-order valence-corrected chi connectivity index (χ4v) is 7.56. The SMILES string of the molecule is CC/C=C\C[C@@H](O)/C=C/C=C/C=C\C=C/[C@H](O)[C@@H](O)CCCC(=O)OC[C@H](COP(=O)(O)OC[C@@H](O)COP(=O)(O)O)OC(=O)CCCCCCCCCCCCCCCCCCC(C)C. The topological polar surface area (TPSA) is 256 Å². The zero-order valence-corrected chi connectivity index (χ0v) is 41.8. The molecule has 66 heavy (non-hydrogen) atoms. The first-order valence-corrected chi connectivity index (χ1v) is 27.2. The molecular weight excluding hydrogens is 894 g/mol. The largest absolute Gasteiger partial charge is 0.472 e. The average molecular weight is 981 g/mol. The van der Waals surface area contributed by atoms with Crippen LogP contribution < -0.4 is 0 Å². The smallest absolute Gasteiger partial charge is 0.462 e. The maximum absolute atomic E-state index is 12.7. The van der Waals surface area contributed by atoms with Crippen molar-refractivity contribution >= 4 is 27.6 Å². The molecule has 0 aliphatic heterocycles. The lowest BCUT2D eigenvalue weighted by molar-refractivity contribution is -0.161. The highest BCUT2D eigenvalue weighted by Gasteiger charge is 2.28. The fourth-order valence-electron chi connectivity index (χ4n) is 6.40. The molecule has 0 spiro atoms. The zero-order chi connectivity index (χ0) is 49.3. The summed E-state index contributed by atoms with van der Waals surface area (Å²) in [6.07, 6.45) is 33.0. The summed E-state index contributed by atoms with van der Waals surface area (Å²) in [5.41, 5.74) is 0. The summed E-state index contributed by atoms with van der Waals surface area (Å²) in [4.78, 5) is 52.9. The summed E-state index contributed by atoms with van der Waals surface area (Å²) in [6, 6.07) is 0. The van der Waals surface area contributed by atoms with Crippen LogP contribution in [-0.4, -0.2) is 104 Å². The minimum atomic E-state index is -4.91. The monoisotopic (exact) mass is 981 g/mol. The van der Waals surface area contributed by atoms with Crippen LogP contribution in [0, 0.1) is 5.92 Å². The van der Waals surface area contributed by atoms with Gasteiger partial charge in [0.2, 0.25) is 0 Å². The normalized spacial score (nSPS) is 15.9. The predicted molar refractivity (Wildman–Crippen MR) is 257 cm³/mol. The number of rotatable bonds is 44. The minimum Gasteiger partial charge on any atom is -0.462 e. The molecule has 0 fully saturated rings. The number of phosphoric ester groups is 2. The Kier molecular flexibility index (Phi) is 40.2. The lowest BCUT2D eigenvalue weighted by Crippen LogP contribution is -2.30. The molecule has 0 aromatic rings. The Bertz CT molecular complexity index is 1460. The minimum absolute atomic E-state index is 0.0570. The van der Waals surface area contributed by atoms with Crippen LogP contribution in [0.3, 0.4) is 0 Å². The van der Waals surface area contributed by atoms with E-state index in [4.69, 9.17) is 23.8 Å². The molecule has 0 amide bonds. The van der Waals surface area contributed by atoms with Gasteiger partial charge in [0.25, 0.3) is 0 Å². The highest BCUT2D eigenvalue weighted by atomic mass is 31.2. The van der Waals surface area contributed by atoms with Crippen molar-refractivity contribution in [1.82, 2.24) is 0 Å². The molecule has 0 aromatic heterocycles. The van der Waals surface area contributed by atoms with Crippen molar-refractivity contribution < 1.29 is 76.9 Å². The maximum atomic E-state index is 12.7. The van der Waals surface area contributed by atoms with Crippen molar-refractivity contribution in [3.05, 3.63) is 60.8 Å². The number of ether oxygens (including phenoxy) is 2. The quantitative estimate of drug-likeness (QED) is 0.00986. The van der Waals surface area contributed by atoms with Crippen LogP contribution in [-0.2, 0) is 41.8 Å². The summed E-state index contributed by atoms with van der Waals surface area (Å²) in [7, 11) is -9.80. The fraction of sp³-hybridized carbons (Fsp3) is 0.750. The molecule has 18 heteroatoms. The van der Waals surface area contributed by atoms with Crippen molar-refractivity contribution in [2.75, 3.05) is 26.4 Å². The number of carbonyl (C=O) groups is 2. The lowest BCUT2D eigenvalue weighted by atomic mass is 10.0. The molecule has 0 aromatic carbocycles. The van der Waals surface area contributed by atoms with Gasteiger partial charge in [-0.3, -0.25) is 23.2 Å². The molecule has 0 heterocycles. The zero-order valence-electron chi connectivity index (χ0n) is 40.0. The number of aliphatic hydroxyl groups is 4. The van der Waals surface area contributed by atoms with Crippen LogP contribution in [0.4, 0.5) is 0 Å². The van der Waals surface area contributed by atoms with Crippen LogP contribution in [0.25, 0.3) is 0 Å². The van der Waals surface area contributed by atoms with E-state index in [1.165, 1.54) is 83.1 Å². The second-order valence-electron chi connectivity index (χ2n) is 17.1. The maximum Gasteiger partial charge on any atom is 0.472 e. The third-order valence-electron chi connectivity index (χ3n) is 10.2. The summed E-state index contributed by atoms with van der Waals surface area (Å²) >= 11 is 0. The van der Waals surface area contributed by atoms with E-state index in [1.807, 2.05) is 19.1 Å². The number of unbranched alkanes of at least 4 members (excludes halogenated alkanes) is 15. The molecule has 0 saturated heterocycles. The van der Waals surface area contributed by atoms with E-state index in [0.29, 0.717) is 12.8 Å². The van der Waals surface area contributed by atoms with Crippen molar-refractivity contribution in [2.45, 2.75) is 199 Å². The van der Waals surface area contributed by atoms with Gasteiger partial charge in [-0.1, -0.05) is 184 Å². The summed E-state index contributed by atoms with van der Waals surface area (Å²) in [5, 5.41) is 40.2. The van der Waals surface area contributed by atoms with Gasteiger partial charge in [-0.2, -0.15) is 0 Å². The second kappa shape index (κ2) is 41.7. The van der Waals surface area contributed by atoms with Gasteiger partial charge in [0.1, 0.15) is 12.7 Å². The number of allylic oxidation sites excluding steroid dienone is 7. The molecule has 0 aliphatic carbocycles. The number of hydrogen-bond donors (Lipinski definition) is 7. The average Bonchev–Trinajstić information content (AvgIpc) is 3.25. The third-order valence-corrected chi connectivity index (χ3v) is 11.6. The first-order chi connectivity index (χ1) is 31.4. The molecule has 16 nitrogen and oxygen atoms in total. The predicted octanol–water partition coefficient (Wildman–Crippen LogP) is 9.56. The van der Waals surface area contributed by atoms with Crippen LogP contribution >= 0.6 is 15.6 Å². The van der Waals surface area contributed by atoms with Gasteiger partial charge in [0.15, 0.2) is 6.10 Å². The van der Waals surface area contributed by atoms with E-state index < -0.39 is 84.5 Å². The Balaban J connectivity index is 4.72. The van der Waals surface area contributed by atoms with Crippen molar-refractivity contribution in [2.24, 2.45) is 5.92 Å². The van der Waals surface area contributed by atoms with Gasteiger partial charge < -0.3 is 44.6 Å². The Morgan fingerprint density at radius 2 is 1.03 bits per heavy atom. The molecular formula is C48H86O16P2. The molecule has 1 unspecified atom stereocenters. The molecule has 0 rings (SSSR count). The van der Waals surface area contributed by atoms with Crippen molar-refractivity contribution in [3.63, 3.8) is 0 Å². The molecule has 0 bridgehead atoms. The van der Waals surface area contributed by atoms with Gasteiger partial charge in [0.05, 0.1) is 38.1 Å². The Labute approximate surface area is 395 Å². The number of hydrogen-bond acceptors (Lipinski definition) is 13. The number of aliphatic hydroxyl groups excluding tert-OH is 4. The van der Waals surface area contributed by atoms with Crippen LogP contribution in [0.15, 0.2) is 60.8 Å². The molecule has 0 radical (unpaired) electrons. The molecule has 384 valence electrons. The van der Waals surface area contributed by atoms with Gasteiger partial charge in [0, 0.05) is 12.8 Å². The van der Waals surface area contributed by atoms with Gasteiger partial charge in [-0.15, -0.1) is 0 Å². The van der Waals surface area contributed by atoms with E-state index in [9.17, 15) is 44.0 Å². The van der Waals surface area contributed by atoms with Gasteiger partial charge in [-0.25, -0.2) is 9.13 Å². The van der Waals surface area contributed by atoms with Gasteiger partial charge in [-0.05, 0) is 38.0 Å². The Morgan fingerprint density at radius 3 is 1.58 bits per heavy atom. The summed E-state index contributed by atoms with van der Waals surface area (Å²) in [6.45, 7) is 3.53. The Hall–Kier alpha value is -2.30. The highest BCUT2D eigenvalue weighted by Crippen LogP contribution is 2.44. The van der Waals surface area contributed by atoms with Crippen molar-refractivity contribution in [3.8, 4) is 0 Å². The molecule has 0 aliphatic rings. The second-order valence-corrected chi connectivity index (χ2v) is 19.7. The first-order valence-electron chi connectivity index (χ1n) is 24.2. The van der Waals surface area contributed by atoms with Crippen LogP contribution in [0.1, 0.15) is 168 Å². The third kappa shape index (κ3) is 44.2. The number of esters is 2. The molecule has 6 atom stereocenters. The lowest BCUT2D eigenvalue weighted by Gasteiger charge is -2.20. The van der Waals surface area contributed by atoms with E-state index in [-0.39, 0.29) is 25.7 Å². The van der Waals surface area contributed by atoms with Crippen LogP contribution in [0.5, 0.6) is 0 Å².